The number of Topliss-reactive ketones (excluding diaryl/α,β-unsaturated/α-hetero) is 1. The Morgan fingerprint density at radius 1 is 1.05 bits per heavy atom. The van der Waals surface area contributed by atoms with Crippen molar-refractivity contribution in [2.45, 2.75) is 42.3 Å². The van der Waals surface area contributed by atoms with E-state index in [9.17, 15) is 14.7 Å². The van der Waals surface area contributed by atoms with Crippen molar-refractivity contribution in [2.75, 3.05) is 11.5 Å². The van der Waals surface area contributed by atoms with Crippen LogP contribution in [0.1, 0.15) is 48.9 Å². The summed E-state index contributed by atoms with van der Waals surface area (Å²) in [7, 11) is 0. The molecule has 4 aromatic rings. The van der Waals surface area contributed by atoms with Gasteiger partial charge in [-0.3, -0.25) is 19.5 Å². The number of aliphatic hydroxyl groups is 1. The van der Waals surface area contributed by atoms with Crippen molar-refractivity contribution in [2.24, 2.45) is 0 Å². The van der Waals surface area contributed by atoms with Gasteiger partial charge in [0.15, 0.2) is 4.34 Å². The topological polar surface area (TPSA) is 106 Å². The third-order valence-electron chi connectivity index (χ3n) is 6.58. The molecule has 1 fully saturated rings. The molecule has 0 radical (unpaired) electrons. The average molecular weight is 642 g/mol. The molecule has 5 rings (SSSR count). The van der Waals surface area contributed by atoms with Crippen LogP contribution in [-0.2, 0) is 15.3 Å². The lowest BCUT2D eigenvalue weighted by molar-refractivity contribution is -0.132. The zero-order chi connectivity index (χ0) is 29.6. The van der Waals surface area contributed by atoms with Gasteiger partial charge < -0.3 is 9.84 Å². The second kappa shape index (κ2) is 13.7. The number of hydrogen-bond donors (Lipinski definition) is 1. The molecule has 3 heterocycles. The lowest BCUT2D eigenvalue weighted by Gasteiger charge is -2.22. The van der Waals surface area contributed by atoms with Gasteiger partial charge in [0.25, 0.3) is 5.78 Å². The molecule has 42 heavy (non-hydrogen) atoms. The second-order valence-electron chi connectivity index (χ2n) is 9.40. The Morgan fingerprint density at radius 2 is 1.81 bits per heavy atom. The van der Waals surface area contributed by atoms with E-state index in [0.717, 1.165) is 24.8 Å². The SMILES string of the molecule is CCCCCOc1ccc(C2/C(=C(\O)c3ccncc3)C(=O)C(=O)N2c2nnc(SCc3ccc(Cl)cc3Cl)s2)cc1. The molecule has 1 N–H and O–H groups in total. The molecule has 1 aliphatic heterocycles. The maximum absolute atomic E-state index is 13.5. The number of halogens is 2. The number of carbonyl (C=O) groups excluding carboxylic acids is 2. The van der Waals surface area contributed by atoms with Gasteiger partial charge in [0, 0.05) is 33.8 Å². The molecule has 0 aliphatic carbocycles. The van der Waals surface area contributed by atoms with Crippen molar-refractivity contribution in [3.05, 3.63) is 99.3 Å². The van der Waals surface area contributed by atoms with Crippen LogP contribution in [0.3, 0.4) is 0 Å². The van der Waals surface area contributed by atoms with Gasteiger partial charge >= 0.3 is 5.91 Å². The summed E-state index contributed by atoms with van der Waals surface area (Å²) in [6, 6.07) is 14.7. The molecule has 8 nitrogen and oxygen atoms in total. The number of hydrogen-bond acceptors (Lipinski definition) is 9. The maximum atomic E-state index is 13.5. The van der Waals surface area contributed by atoms with Gasteiger partial charge in [0.05, 0.1) is 18.2 Å². The highest BCUT2D eigenvalue weighted by Gasteiger charge is 2.48. The summed E-state index contributed by atoms with van der Waals surface area (Å²) in [5, 5.41) is 21.1. The molecule has 12 heteroatoms. The first-order chi connectivity index (χ1) is 20.4. The van der Waals surface area contributed by atoms with E-state index in [4.69, 9.17) is 27.9 Å². The number of ether oxygens (including phenoxy) is 1. The fourth-order valence-corrected chi connectivity index (χ4v) is 6.86. The number of amides is 1. The Kier molecular flexibility index (Phi) is 9.79. The van der Waals surface area contributed by atoms with E-state index >= 15 is 0 Å². The molecule has 2 aromatic carbocycles. The van der Waals surface area contributed by atoms with Crippen molar-refractivity contribution < 1.29 is 19.4 Å². The summed E-state index contributed by atoms with van der Waals surface area (Å²) in [6.45, 7) is 2.73. The Labute approximate surface area is 261 Å². The van der Waals surface area contributed by atoms with Crippen molar-refractivity contribution in [3.8, 4) is 5.75 Å². The molecule has 2 aromatic heterocycles. The first-order valence-corrected chi connectivity index (χ1v) is 15.8. The van der Waals surface area contributed by atoms with Crippen LogP contribution in [0.25, 0.3) is 5.76 Å². The van der Waals surface area contributed by atoms with Gasteiger partial charge in [-0.25, -0.2) is 0 Å². The minimum Gasteiger partial charge on any atom is -0.507 e. The van der Waals surface area contributed by atoms with Crippen LogP contribution in [0.15, 0.2) is 76.9 Å². The first-order valence-electron chi connectivity index (χ1n) is 13.2. The molecule has 1 saturated heterocycles. The minimum atomic E-state index is -0.927. The van der Waals surface area contributed by atoms with E-state index in [1.165, 1.54) is 40.4 Å². The zero-order valence-electron chi connectivity index (χ0n) is 22.5. The predicted octanol–water partition coefficient (Wildman–Crippen LogP) is 7.73. The number of ketones is 1. The summed E-state index contributed by atoms with van der Waals surface area (Å²) in [5.74, 6) is -0.721. The lowest BCUT2D eigenvalue weighted by atomic mass is 9.95. The molecule has 0 bridgehead atoms. The molecular weight excluding hydrogens is 615 g/mol. The van der Waals surface area contributed by atoms with Crippen molar-refractivity contribution in [3.63, 3.8) is 0 Å². The quantitative estimate of drug-likeness (QED) is 0.0443. The van der Waals surface area contributed by atoms with Crippen molar-refractivity contribution >= 4 is 68.9 Å². The summed E-state index contributed by atoms with van der Waals surface area (Å²) >= 11 is 14.9. The first kappa shape index (κ1) is 30.0. The van der Waals surface area contributed by atoms with Gasteiger partial charge in [-0.1, -0.05) is 84.3 Å². The van der Waals surface area contributed by atoms with E-state index in [1.54, 1.807) is 48.5 Å². The average Bonchev–Trinajstić information content (AvgIpc) is 3.57. The van der Waals surface area contributed by atoms with Crippen LogP contribution in [0.4, 0.5) is 5.13 Å². The molecule has 0 saturated carbocycles. The fraction of sp³-hybridized carbons (Fsp3) is 0.233. The highest BCUT2D eigenvalue weighted by molar-refractivity contribution is 8.00. The van der Waals surface area contributed by atoms with E-state index in [2.05, 4.69) is 22.1 Å². The Bertz CT molecular complexity index is 1610. The number of rotatable bonds is 11. The van der Waals surface area contributed by atoms with Gasteiger partial charge in [-0.05, 0) is 53.9 Å². The van der Waals surface area contributed by atoms with E-state index in [-0.39, 0.29) is 16.5 Å². The normalized spacial score (nSPS) is 16.3. The standard InChI is InChI=1S/C30H26Cl2N4O4S2/c1-2-3-4-15-40-22-9-6-18(7-10-22)25-24(26(37)19-11-13-33-14-12-19)27(38)28(39)36(25)29-34-35-30(42-29)41-17-20-5-8-21(31)16-23(20)32/h5-14,16,25,37H,2-4,15,17H2,1H3/b26-24+. The van der Waals surface area contributed by atoms with Crippen molar-refractivity contribution in [1.29, 1.82) is 0 Å². The summed E-state index contributed by atoms with van der Waals surface area (Å²) in [5.41, 5.74) is 1.82. The largest absolute Gasteiger partial charge is 0.507 e. The Balaban J connectivity index is 1.47. The molecule has 0 spiro atoms. The molecule has 1 atom stereocenters. The van der Waals surface area contributed by atoms with Crippen LogP contribution in [0, 0.1) is 0 Å². The van der Waals surface area contributed by atoms with E-state index in [1.807, 2.05) is 6.07 Å². The molecular formula is C30H26Cl2N4O4S2. The Morgan fingerprint density at radius 3 is 2.52 bits per heavy atom. The number of thioether (sulfide) groups is 1. The van der Waals surface area contributed by atoms with Gasteiger partial charge in [-0.15, -0.1) is 10.2 Å². The van der Waals surface area contributed by atoms with Crippen LogP contribution < -0.4 is 9.64 Å². The Hall–Kier alpha value is -3.44. The third-order valence-corrected chi connectivity index (χ3v) is 9.27. The molecule has 1 amide bonds. The highest BCUT2D eigenvalue weighted by Crippen LogP contribution is 2.44. The third kappa shape index (κ3) is 6.62. The van der Waals surface area contributed by atoms with Gasteiger partial charge in [0.2, 0.25) is 5.13 Å². The van der Waals surface area contributed by atoms with Crippen LogP contribution >= 0.6 is 46.3 Å². The number of anilines is 1. The number of pyridine rings is 1. The van der Waals surface area contributed by atoms with Gasteiger partial charge in [0.1, 0.15) is 11.5 Å². The van der Waals surface area contributed by atoms with Gasteiger partial charge in [-0.2, -0.15) is 0 Å². The van der Waals surface area contributed by atoms with Crippen LogP contribution in [0.2, 0.25) is 10.0 Å². The molecule has 1 aliphatic rings. The van der Waals surface area contributed by atoms with Crippen LogP contribution in [-0.4, -0.2) is 38.6 Å². The number of nitrogens with zero attached hydrogens (tertiary/aromatic N) is 4. The highest BCUT2D eigenvalue weighted by atomic mass is 35.5. The number of unbranched alkanes of at least 4 members (excludes halogenated alkanes) is 2. The molecule has 216 valence electrons. The number of benzene rings is 2. The van der Waals surface area contributed by atoms with E-state index < -0.39 is 17.7 Å². The second-order valence-corrected chi connectivity index (χ2v) is 12.4. The summed E-state index contributed by atoms with van der Waals surface area (Å²) < 4.78 is 6.43. The fourth-order valence-electron chi connectivity index (χ4n) is 4.44. The number of aliphatic hydroxyl groups excluding tert-OH is 1. The maximum Gasteiger partial charge on any atom is 0.301 e. The predicted molar refractivity (Wildman–Crippen MR) is 166 cm³/mol. The lowest BCUT2D eigenvalue weighted by Crippen LogP contribution is -2.29. The van der Waals surface area contributed by atoms with E-state index in [0.29, 0.717) is 43.6 Å². The smallest absolute Gasteiger partial charge is 0.301 e. The molecule has 1 unspecified atom stereocenters. The summed E-state index contributed by atoms with van der Waals surface area (Å²) in [6.07, 6.45) is 6.14. The van der Waals surface area contributed by atoms with Crippen LogP contribution in [0.5, 0.6) is 5.75 Å². The number of aromatic nitrogens is 3. The minimum absolute atomic E-state index is 0.0415. The number of carbonyl (C=O) groups is 2. The zero-order valence-corrected chi connectivity index (χ0v) is 25.6. The summed E-state index contributed by atoms with van der Waals surface area (Å²) in [4.78, 5) is 32.2. The van der Waals surface area contributed by atoms with Crippen molar-refractivity contribution in [1.82, 2.24) is 15.2 Å². The monoisotopic (exact) mass is 640 g/mol.